The summed E-state index contributed by atoms with van der Waals surface area (Å²) < 4.78 is 2.28. The molecule has 0 spiro atoms. The Balaban J connectivity index is 1.69. The molecule has 4 rings (SSSR count). The molecular weight excluding hydrogens is 384 g/mol. The average Bonchev–Trinajstić information content (AvgIpc) is 3.37. The van der Waals surface area contributed by atoms with Crippen molar-refractivity contribution in [1.29, 1.82) is 0 Å². The molecule has 29 heavy (non-hydrogen) atoms. The monoisotopic (exact) mass is 410 g/mol. The number of nitrogens with zero attached hydrogens (tertiary/aromatic N) is 4. The molecule has 5 nitrogen and oxygen atoms in total. The molecule has 1 aliphatic rings. The molecule has 3 aromatic rings. The molecule has 1 aromatic carbocycles. The molecule has 1 aliphatic carbocycles. The second kappa shape index (κ2) is 8.95. The number of hydrogen-bond donors (Lipinski definition) is 0. The van der Waals surface area contributed by atoms with Gasteiger partial charge in [0.25, 0.3) is 5.91 Å². The molecule has 1 fully saturated rings. The maximum atomic E-state index is 13.3. The first-order valence-corrected chi connectivity index (χ1v) is 10.9. The van der Waals surface area contributed by atoms with E-state index in [-0.39, 0.29) is 5.91 Å². The standard InChI is InChI=1S/C23H27ClN4O/c1-2-3-14-27(23(29)17-8-6-9-18(24)15-17)16-21-26-20-12-7-13-25-22(20)28(21)19-10-4-5-11-19/h6-9,12-13,15,19H,2-5,10-11,14,16H2,1H3. The number of fused-ring (bicyclic) bond motifs is 1. The summed E-state index contributed by atoms with van der Waals surface area (Å²) in [5.74, 6) is 0.927. The SMILES string of the molecule is CCCCN(Cc1nc2cccnc2n1C1CCCC1)C(=O)c1cccc(Cl)c1. The van der Waals surface area contributed by atoms with Gasteiger partial charge in [-0.2, -0.15) is 0 Å². The highest BCUT2D eigenvalue weighted by atomic mass is 35.5. The summed E-state index contributed by atoms with van der Waals surface area (Å²) >= 11 is 6.13. The van der Waals surface area contributed by atoms with E-state index in [1.165, 1.54) is 12.8 Å². The number of benzene rings is 1. The van der Waals surface area contributed by atoms with Crippen LogP contribution in [0.25, 0.3) is 11.2 Å². The molecule has 0 bridgehead atoms. The topological polar surface area (TPSA) is 51.0 Å². The molecule has 0 radical (unpaired) electrons. The van der Waals surface area contributed by atoms with Gasteiger partial charge in [-0.25, -0.2) is 9.97 Å². The van der Waals surface area contributed by atoms with E-state index in [0.717, 1.165) is 42.7 Å². The number of aromatic nitrogens is 3. The van der Waals surface area contributed by atoms with Crippen LogP contribution in [-0.2, 0) is 6.54 Å². The summed E-state index contributed by atoms with van der Waals surface area (Å²) in [6, 6.07) is 11.5. The van der Waals surface area contributed by atoms with Gasteiger partial charge in [0.15, 0.2) is 5.65 Å². The first-order chi connectivity index (χ1) is 14.2. The highest BCUT2D eigenvalue weighted by molar-refractivity contribution is 6.30. The molecule has 0 aliphatic heterocycles. The first-order valence-electron chi connectivity index (χ1n) is 10.5. The maximum absolute atomic E-state index is 13.3. The average molecular weight is 411 g/mol. The van der Waals surface area contributed by atoms with Gasteiger partial charge < -0.3 is 9.47 Å². The van der Waals surface area contributed by atoms with Crippen molar-refractivity contribution in [1.82, 2.24) is 19.4 Å². The smallest absolute Gasteiger partial charge is 0.254 e. The molecule has 0 atom stereocenters. The Bertz CT molecular complexity index is 993. The number of halogens is 1. The number of carbonyl (C=O) groups excluding carboxylic acids is 1. The Morgan fingerprint density at radius 2 is 2.07 bits per heavy atom. The van der Waals surface area contributed by atoms with Crippen LogP contribution in [0.4, 0.5) is 0 Å². The summed E-state index contributed by atoms with van der Waals surface area (Å²) in [6.07, 6.45) is 8.56. The third-order valence-electron chi connectivity index (χ3n) is 5.68. The molecular formula is C23H27ClN4O. The van der Waals surface area contributed by atoms with Crippen molar-refractivity contribution in [2.24, 2.45) is 0 Å². The number of carbonyl (C=O) groups is 1. The minimum absolute atomic E-state index is 0.000984. The molecule has 1 saturated carbocycles. The molecule has 2 aromatic heterocycles. The van der Waals surface area contributed by atoms with Crippen molar-refractivity contribution >= 4 is 28.7 Å². The zero-order valence-corrected chi connectivity index (χ0v) is 17.6. The van der Waals surface area contributed by atoms with Crippen molar-refractivity contribution < 1.29 is 4.79 Å². The van der Waals surface area contributed by atoms with Gasteiger partial charge in [-0.15, -0.1) is 0 Å². The van der Waals surface area contributed by atoms with Crippen LogP contribution in [-0.4, -0.2) is 31.9 Å². The first kappa shape index (κ1) is 19.9. The van der Waals surface area contributed by atoms with Crippen LogP contribution >= 0.6 is 11.6 Å². The van der Waals surface area contributed by atoms with Crippen LogP contribution in [0.15, 0.2) is 42.6 Å². The number of unbranched alkanes of at least 4 members (excludes halogenated alkanes) is 1. The fourth-order valence-corrected chi connectivity index (χ4v) is 4.40. The zero-order chi connectivity index (χ0) is 20.2. The van der Waals surface area contributed by atoms with Gasteiger partial charge in [-0.1, -0.05) is 43.9 Å². The molecule has 2 heterocycles. The third-order valence-corrected chi connectivity index (χ3v) is 5.92. The molecule has 6 heteroatoms. The van der Waals surface area contributed by atoms with E-state index < -0.39 is 0 Å². The van der Waals surface area contributed by atoms with Gasteiger partial charge in [0, 0.05) is 29.4 Å². The second-order valence-corrected chi connectivity index (χ2v) is 8.21. The molecule has 0 saturated heterocycles. The lowest BCUT2D eigenvalue weighted by molar-refractivity contribution is 0.0734. The van der Waals surface area contributed by atoms with Crippen LogP contribution in [0.2, 0.25) is 5.02 Å². The van der Waals surface area contributed by atoms with Crippen LogP contribution in [0.1, 0.15) is 67.7 Å². The zero-order valence-electron chi connectivity index (χ0n) is 16.9. The number of amides is 1. The predicted molar refractivity (Wildman–Crippen MR) is 116 cm³/mol. The minimum atomic E-state index is -0.000984. The fraction of sp³-hybridized carbons (Fsp3) is 0.435. The summed E-state index contributed by atoms with van der Waals surface area (Å²) in [4.78, 5) is 24.7. The van der Waals surface area contributed by atoms with Gasteiger partial charge in [-0.3, -0.25) is 4.79 Å². The maximum Gasteiger partial charge on any atom is 0.254 e. The van der Waals surface area contributed by atoms with Crippen molar-refractivity contribution in [2.75, 3.05) is 6.54 Å². The van der Waals surface area contributed by atoms with Crippen LogP contribution in [0, 0.1) is 0 Å². The second-order valence-electron chi connectivity index (χ2n) is 7.77. The molecule has 0 unspecified atom stereocenters. The summed E-state index contributed by atoms with van der Waals surface area (Å²) in [5.41, 5.74) is 2.45. The van der Waals surface area contributed by atoms with E-state index in [9.17, 15) is 4.79 Å². The Morgan fingerprint density at radius 3 is 2.83 bits per heavy atom. The third kappa shape index (κ3) is 4.30. The Hall–Kier alpha value is -2.40. The molecule has 1 amide bonds. The highest BCUT2D eigenvalue weighted by Gasteiger charge is 2.26. The normalized spacial score (nSPS) is 14.6. The summed E-state index contributed by atoms with van der Waals surface area (Å²) in [5, 5.41) is 0.577. The van der Waals surface area contributed by atoms with Crippen molar-refractivity contribution in [2.45, 2.75) is 58.0 Å². The molecule has 0 N–H and O–H groups in total. The van der Waals surface area contributed by atoms with Crippen molar-refractivity contribution in [3.63, 3.8) is 0 Å². The Kier molecular flexibility index (Phi) is 6.14. The van der Waals surface area contributed by atoms with E-state index in [0.29, 0.717) is 29.7 Å². The summed E-state index contributed by atoms with van der Waals surface area (Å²) in [6.45, 7) is 3.32. The lowest BCUT2D eigenvalue weighted by Crippen LogP contribution is -2.33. The van der Waals surface area contributed by atoms with Gasteiger partial charge in [0.05, 0.1) is 6.54 Å². The number of imidazole rings is 1. The van der Waals surface area contributed by atoms with Crippen LogP contribution in [0.3, 0.4) is 0 Å². The van der Waals surface area contributed by atoms with Crippen LogP contribution in [0.5, 0.6) is 0 Å². The van der Waals surface area contributed by atoms with E-state index in [4.69, 9.17) is 16.6 Å². The lowest BCUT2D eigenvalue weighted by Gasteiger charge is -2.24. The van der Waals surface area contributed by atoms with Crippen LogP contribution < -0.4 is 0 Å². The number of rotatable bonds is 7. The molecule has 152 valence electrons. The van der Waals surface area contributed by atoms with Gasteiger partial charge in [-0.05, 0) is 49.6 Å². The van der Waals surface area contributed by atoms with E-state index in [1.807, 2.05) is 35.4 Å². The van der Waals surface area contributed by atoms with Gasteiger partial charge in [0.2, 0.25) is 0 Å². The largest absolute Gasteiger partial charge is 0.331 e. The quantitative estimate of drug-likeness (QED) is 0.506. The fourth-order valence-electron chi connectivity index (χ4n) is 4.21. The van der Waals surface area contributed by atoms with E-state index in [1.54, 1.807) is 12.1 Å². The predicted octanol–water partition coefficient (Wildman–Crippen LogP) is 5.64. The number of pyridine rings is 1. The van der Waals surface area contributed by atoms with E-state index >= 15 is 0 Å². The Labute approximate surface area is 176 Å². The minimum Gasteiger partial charge on any atom is -0.331 e. The van der Waals surface area contributed by atoms with Crippen molar-refractivity contribution in [3.8, 4) is 0 Å². The summed E-state index contributed by atoms with van der Waals surface area (Å²) in [7, 11) is 0. The lowest BCUT2D eigenvalue weighted by atomic mass is 10.2. The van der Waals surface area contributed by atoms with Crippen molar-refractivity contribution in [3.05, 3.63) is 59.0 Å². The van der Waals surface area contributed by atoms with E-state index in [2.05, 4.69) is 16.5 Å². The Morgan fingerprint density at radius 1 is 1.24 bits per heavy atom. The van der Waals surface area contributed by atoms with Gasteiger partial charge >= 0.3 is 0 Å². The van der Waals surface area contributed by atoms with Gasteiger partial charge in [0.1, 0.15) is 11.3 Å². The number of hydrogen-bond acceptors (Lipinski definition) is 3. The highest BCUT2D eigenvalue weighted by Crippen LogP contribution is 2.33.